The number of halogens is 1. The van der Waals surface area contributed by atoms with Crippen LogP contribution in [0.2, 0.25) is 5.02 Å². The lowest BCUT2D eigenvalue weighted by Gasteiger charge is -2.36. The molecule has 3 amide bonds. The number of aliphatic imine (C=N–C) groups is 1. The largest absolute Gasteiger partial charge is 0.487 e. The van der Waals surface area contributed by atoms with Crippen LogP contribution in [0.4, 0.5) is 4.79 Å². The molecule has 0 radical (unpaired) electrons. The fourth-order valence-electron chi connectivity index (χ4n) is 4.85. The zero-order chi connectivity index (χ0) is 32.2. The van der Waals surface area contributed by atoms with Crippen LogP contribution in [0.15, 0.2) is 63.3 Å². The summed E-state index contributed by atoms with van der Waals surface area (Å²) in [5.41, 5.74) is 0.576. The Morgan fingerprint density at radius 2 is 1.93 bits per heavy atom. The van der Waals surface area contributed by atoms with Crippen LogP contribution in [0.5, 0.6) is 5.75 Å². The molecule has 1 saturated heterocycles. The maximum atomic E-state index is 14.4. The molecule has 4 rings (SSSR count). The molecule has 2 unspecified atom stereocenters. The molecule has 0 aliphatic carbocycles. The van der Waals surface area contributed by atoms with Gasteiger partial charge in [-0.25, -0.2) is 9.19 Å². The first-order valence-electron chi connectivity index (χ1n) is 13.9. The van der Waals surface area contributed by atoms with Gasteiger partial charge in [0, 0.05) is 46.7 Å². The summed E-state index contributed by atoms with van der Waals surface area (Å²) in [5.74, 6) is -1.65. The topological polar surface area (TPSA) is 141 Å². The fraction of sp³-hybridized carbons (Fsp3) is 0.355. The Morgan fingerprint density at radius 1 is 1.23 bits per heavy atom. The summed E-state index contributed by atoms with van der Waals surface area (Å²) in [7, 11) is 0. The van der Waals surface area contributed by atoms with Gasteiger partial charge in [0.25, 0.3) is 0 Å². The molecule has 44 heavy (non-hydrogen) atoms. The van der Waals surface area contributed by atoms with Crippen molar-refractivity contribution in [2.75, 3.05) is 19.6 Å². The SMILES string of the molecule is C=C(SN=CC)C1C(c2ccc(Cl)cc2)N=C(c2ccc(C(=O)CC(=O)O)cc2OC(C)(C)C)N1C(=O)N1CCNC(=O)C1. The number of hydrogen-bond donors (Lipinski definition) is 2. The summed E-state index contributed by atoms with van der Waals surface area (Å²) in [6.07, 6.45) is 0.930. The molecule has 2 heterocycles. The average Bonchev–Trinajstić information content (AvgIpc) is 3.35. The van der Waals surface area contributed by atoms with Crippen LogP contribution < -0.4 is 10.1 Å². The molecule has 0 aromatic heterocycles. The van der Waals surface area contributed by atoms with Crippen molar-refractivity contribution in [2.24, 2.45) is 9.39 Å². The van der Waals surface area contributed by atoms with Crippen molar-refractivity contribution >= 4 is 59.3 Å². The number of carboxylic acids is 1. The molecule has 232 valence electrons. The van der Waals surface area contributed by atoms with Gasteiger partial charge in [-0.1, -0.05) is 36.4 Å². The van der Waals surface area contributed by atoms with Gasteiger partial charge in [0.2, 0.25) is 5.91 Å². The summed E-state index contributed by atoms with van der Waals surface area (Å²) in [4.78, 5) is 59.2. The number of amidine groups is 1. The Kier molecular flexibility index (Phi) is 10.2. The van der Waals surface area contributed by atoms with Gasteiger partial charge in [0.05, 0.1) is 11.6 Å². The van der Waals surface area contributed by atoms with E-state index in [9.17, 15) is 24.3 Å². The second-order valence-corrected chi connectivity index (χ2v) is 12.5. The van der Waals surface area contributed by atoms with Crippen molar-refractivity contribution in [1.82, 2.24) is 15.1 Å². The van der Waals surface area contributed by atoms with Crippen molar-refractivity contribution in [3.8, 4) is 5.75 Å². The number of rotatable bonds is 9. The molecule has 1 fully saturated rings. The predicted octanol–water partition coefficient (Wildman–Crippen LogP) is 5.15. The molecule has 2 N–H and O–H groups in total. The maximum absolute atomic E-state index is 14.4. The summed E-state index contributed by atoms with van der Waals surface area (Å²) in [6, 6.07) is 9.86. The normalized spacial score (nSPS) is 18.7. The minimum atomic E-state index is -1.25. The van der Waals surface area contributed by atoms with Gasteiger partial charge < -0.3 is 20.1 Å². The minimum Gasteiger partial charge on any atom is -0.487 e. The van der Waals surface area contributed by atoms with Crippen LogP contribution in [0.25, 0.3) is 0 Å². The molecule has 2 aromatic carbocycles. The van der Waals surface area contributed by atoms with Crippen LogP contribution in [-0.2, 0) is 9.59 Å². The lowest BCUT2D eigenvalue weighted by Crippen LogP contribution is -2.56. The first-order valence-corrected chi connectivity index (χ1v) is 15.0. The van der Waals surface area contributed by atoms with Crippen molar-refractivity contribution in [2.45, 2.75) is 51.8 Å². The summed E-state index contributed by atoms with van der Waals surface area (Å²) in [5, 5.41) is 12.5. The standard InChI is InChI=1S/C31H34ClN5O6S/c1-6-34-44-18(2)28-27(19-7-10-21(32)11-8-19)35-29(37(28)30(42)36-14-13-33-25(39)17-36)22-12-9-20(23(38)16-26(40)41)15-24(22)43-31(3,4)5/h6-12,15,27-28H,2,13-14,16-17H2,1,3-5H3,(H,33,39)(H,40,41). The number of amides is 3. The van der Waals surface area contributed by atoms with Crippen LogP contribution in [-0.4, -0.2) is 81.9 Å². The van der Waals surface area contributed by atoms with Gasteiger partial charge in [0.15, 0.2) is 5.78 Å². The number of Topliss-reactive ketones (excluding diaryl/α,β-unsaturated/α-hetero) is 1. The first kappa shape index (κ1) is 32.7. The highest BCUT2D eigenvalue weighted by Crippen LogP contribution is 2.43. The highest BCUT2D eigenvalue weighted by atomic mass is 35.5. The van der Waals surface area contributed by atoms with Crippen molar-refractivity contribution in [3.05, 3.63) is 75.7 Å². The number of carbonyl (C=O) groups is 4. The Bertz CT molecular complexity index is 1530. The fourth-order valence-corrected chi connectivity index (χ4v) is 5.56. The van der Waals surface area contributed by atoms with E-state index in [2.05, 4.69) is 16.3 Å². The molecule has 2 aromatic rings. The Morgan fingerprint density at radius 3 is 2.55 bits per heavy atom. The molecule has 0 bridgehead atoms. The van der Waals surface area contributed by atoms with Crippen LogP contribution >= 0.6 is 23.5 Å². The third-order valence-electron chi connectivity index (χ3n) is 6.67. The third kappa shape index (κ3) is 7.67. The highest BCUT2D eigenvalue weighted by molar-refractivity contribution is 8.02. The summed E-state index contributed by atoms with van der Waals surface area (Å²) < 4.78 is 10.6. The molecule has 0 spiro atoms. The number of carboxylic acid groups (broad SMARTS) is 1. The number of nitrogens with one attached hydrogen (secondary N) is 1. The van der Waals surface area contributed by atoms with E-state index < -0.39 is 41.9 Å². The minimum absolute atomic E-state index is 0.137. The second kappa shape index (κ2) is 13.6. The monoisotopic (exact) mass is 639 g/mol. The van der Waals surface area contributed by atoms with Gasteiger partial charge >= 0.3 is 12.0 Å². The van der Waals surface area contributed by atoms with Crippen LogP contribution in [0.1, 0.15) is 61.6 Å². The molecule has 2 atom stereocenters. The van der Waals surface area contributed by atoms with E-state index in [1.165, 1.54) is 21.9 Å². The predicted molar refractivity (Wildman–Crippen MR) is 171 cm³/mol. The average molecular weight is 640 g/mol. The number of ketones is 1. The van der Waals surface area contributed by atoms with Crippen molar-refractivity contribution < 1.29 is 29.0 Å². The van der Waals surface area contributed by atoms with E-state index in [-0.39, 0.29) is 36.1 Å². The van der Waals surface area contributed by atoms with E-state index in [4.69, 9.17) is 21.3 Å². The molecule has 2 aliphatic rings. The molecular weight excluding hydrogens is 606 g/mol. The van der Waals surface area contributed by atoms with E-state index in [1.807, 2.05) is 32.9 Å². The van der Waals surface area contributed by atoms with E-state index >= 15 is 0 Å². The first-order chi connectivity index (χ1) is 20.8. The lowest BCUT2D eigenvalue weighted by atomic mass is 9.99. The van der Waals surface area contributed by atoms with E-state index in [0.717, 1.165) is 17.5 Å². The summed E-state index contributed by atoms with van der Waals surface area (Å²) >= 11 is 7.31. The molecule has 0 saturated carbocycles. The second-order valence-electron chi connectivity index (χ2n) is 11.2. The maximum Gasteiger partial charge on any atom is 0.326 e. The van der Waals surface area contributed by atoms with E-state index in [0.29, 0.717) is 22.0 Å². The number of nitrogens with zero attached hydrogens (tertiary/aromatic N) is 4. The van der Waals surface area contributed by atoms with Crippen molar-refractivity contribution in [1.29, 1.82) is 0 Å². The van der Waals surface area contributed by atoms with E-state index in [1.54, 1.807) is 31.3 Å². The number of benzene rings is 2. The Balaban J connectivity index is 1.93. The molecule has 2 aliphatic heterocycles. The number of aliphatic carboxylic acids is 1. The smallest absolute Gasteiger partial charge is 0.326 e. The van der Waals surface area contributed by atoms with Gasteiger partial charge in [-0.2, -0.15) is 0 Å². The van der Waals surface area contributed by atoms with Gasteiger partial charge in [-0.3, -0.25) is 24.3 Å². The molecule has 13 heteroatoms. The number of ether oxygens (including phenoxy) is 1. The number of carbonyl (C=O) groups excluding carboxylic acids is 3. The number of hydrogen-bond acceptors (Lipinski definition) is 8. The van der Waals surface area contributed by atoms with Crippen LogP contribution in [0, 0.1) is 0 Å². The summed E-state index contributed by atoms with van der Waals surface area (Å²) in [6.45, 7) is 12.0. The van der Waals surface area contributed by atoms with Gasteiger partial charge in [-0.15, -0.1) is 0 Å². The quantitative estimate of drug-likeness (QED) is 0.167. The Labute approximate surface area is 265 Å². The van der Waals surface area contributed by atoms with Gasteiger partial charge in [-0.05, 0) is 57.5 Å². The number of urea groups is 1. The zero-order valence-corrected chi connectivity index (χ0v) is 26.4. The Hall–Kier alpha value is -4.16. The molecule has 11 nitrogen and oxygen atoms in total. The molecular formula is C31H34ClN5O6S. The number of piperazine rings is 1. The third-order valence-corrected chi connectivity index (χ3v) is 7.72. The lowest BCUT2D eigenvalue weighted by molar-refractivity contribution is -0.136. The van der Waals surface area contributed by atoms with Crippen LogP contribution in [0.3, 0.4) is 0 Å². The van der Waals surface area contributed by atoms with Gasteiger partial charge in [0.1, 0.15) is 36.2 Å². The van der Waals surface area contributed by atoms with Crippen molar-refractivity contribution in [3.63, 3.8) is 0 Å². The highest BCUT2D eigenvalue weighted by Gasteiger charge is 2.46. The zero-order valence-electron chi connectivity index (χ0n) is 24.9.